The smallest absolute Gasteiger partial charge is 0.159 e. The largest absolute Gasteiger partial charge is 0.207 e. The fourth-order valence-corrected chi connectivity index (χ4v) is 3.79. The third kappa shape index (κ3) is 3.72. The molecule has 0 heterocycles. The van der Waals surface area contributed by atoms with Crippen molar-refractivity contribution in [1.82, 2.24) is 0 Å². The number of hydrogen-bond acceptors (Lipinski definition) is 0. The maximum atomic E-state index is 13.1. The van der Waals surface area contributed by atoms with Crippen molar-refractivity contribution in [3.8, 4) is 0 Å². The van der Waals surface area contributed by atoms with Gasteiger partial charge in [-0.25, -0.2) is 13.2 Å². The third-order valence-electron chi connectivity index (χ3n) is 2.70. The molecule has 0 spiro atoms. The molecule has 0 bridgehead atoms. The molecule has 2 rings (SSSR count). The van der Waals surface area contributed by atoms with Crippen LogP contribution in [0.2, 0.25) is 0 Å². The van der Waals surface area contributed by atoms with Crippen molar-refractivity contribution in [2.75, 3.05) is 0 Å². The average Bonchev–Trinajstić information content (AvgIpc) is 2.33. The van der Waals surface area contributed by atoms with Crippen LogP contribution in [0, 0.1) is 21.0 Å². The summed E-state index contributed by atoms with van der Waals surface area (Å²) in [6.07, 6.45) is 0.499. The van der Waals surface area contributed by atoms with Gasteiger partial charge in [0.05, 0.1) is 0 Å². The zero-order valence-corrected chi connectivity index (χ0v) is 13.4. The van der Waals surface area contributed by atoms with Gasteiger partial charge in [-0.3, -0.25) is 0 Å². The normalized spacial score (nSPS) is 12.5. The first-order chi connectivity index (χ1) is 8.97. The van der Waals surface area contributed by atoms with Gasteiger partial charge in [0.25, 0.3) is 0 Å². The van der Waals surface area contributed by atoms with Gasteiger partial charge in [0.15, 0.2) is 11.6 Å². The van der Waals surface area contributed by atoms with Crippen molar-refractivity contribution in [2.24, 2.45) is 0 Å². The molecule has 0 saturated heterocycles. The Bertz CT molecular complexity index is 601. The van der Waals surface area contributed by atoms with Gasteiger partial charge in [-0.2, -0.15) is 0 Å². The van der Waals surface area contributed by atoms with E-state index in [4.69, 9.17) is 0 Å². The second-order valence-electron chi connectivity index (χ2n) is 4.09. The fraction of sp³-hybridized carbons (Fsp3) is 0.143. The minimum absolute atomic E-state index is 0.0788. The topological polar surface area (TPSA) is 0 Å². The van der Waals surface area contributed by atoms with Crippen LogP contribution < -0.4 is 0 Å². The van der Waals surface area contributed by atoms with Gasteiger partial charge in [-0.05, 0) is 64.4 Å². The van der Waals surface area contributed by atoms with E-state index in [1.807, 2.05) is 0 Å². The lowest BCUT2D eigenvalue weighted by Crippen LogP contribution is -1.99. The van der Waals surface area contributed by atoms with E-state index in [9.17, 15) is 13.2 Å². The van der Waals surface area contributed by atoms with E-state index in [1.54, 1.807) is 12.1 Å². The SMILES string of the molecule is Fc1ccc(C(Br)Cc2ccc(F)c(F)c2)c(I)c1. The lowest BCUT2D eigenvalue weighted by Gasteiger charge is -2.12. The molecule has 0 N–H and O–H groups in total. The fourth-order valence-electron chi connectivity index (χ4n) is 1.74. The molecule has 0 amide bonds. The number of benzene rings is 2. The van der Waals surface area contributed by atoms with Crippen LogP contribution in [0.3, 0.4) is 0 Å². The van der Waals surface area contributed by atoms with E-state index in [-0.39, 0.29) is 10.6 Å². The molecule has 0 aromatic heterocycles. The molecular formula is C14H9BrF3I. The van der Waals surface area contributed by atoms with Gasteiger partial charge in [-0.1, -0.05) is 28.1 Å². The van der Waals surface area contributed by atoms with Gasteiger partial charge in [0, 0.05) is 8.40 Å². The van der Waals surface area contributed by atoms with Crippen molar-refractivity contribution < 1.29 is 13.2 Å². The Hall–Kier alpha value is -0.560. The first kappa shape index (κ1) is 14.8. The Kier molecular flexibility index (Phi) is 4.89. The summed E-state index contributed by atoms with van der Waals surface area (Å²) in [6.45, 7) is 0. The van der Waals surface area contributed by atoms with Gasteiger partial charge in [0.2, 0.25) is 0 Å². The van der Waals surface area contributed by atoms with E-state index in [2.05, 4.69) is 38.5 Å². The summed E-state index contributed by atoms with van der Waals surface area (Å²) in [5.41, 5.74) is 1.60. The van der Waals surface area contributed by atoms with Crippen molar-refractivity contribution in [2.45, 2.75) is 11.2 Å². The molecule has 1 atom stereocenters. The summed E-state index contributed by atoms with van der Waals surface area (Å²) in [7, 11) is 0. The second kappa shape index (κ2) is 6.26. The molecule has 0 radical (unpaired) electrons. The molecule has 5 heteroatoms. The molecule has 0 saturated carbocycles. The summed E-state index contributed by atoms with van der Waals surface area (Å²) in [4.78, 5) is -0.0788. The molecule has 1 unspecified atom stereocenters. The average molecular weight is 441 g/mol. The highest BCUT2D eigenvalue weighted by molar-refractivity contribution is 14.1. The van der Waals surface area contributed by atoms with E-state index in [1.165, 1.54) is 18.2 Å². The van der Waals surface area contributed by atoms with Gasteiger partial charge in [-0.15, -0.1) is 0 Å². The highest BCUT2D eigenvalue weighted by Gasteiger charge is 2.13. The summed E-state index contributed by atoms with van der Waals surface area (Å²) in [5, 5.41) is 0. The monoisotopic (exact) mass is 440 g/mol. The first-order valence-corrected chi connectivity index (χ1v) is 7.50. The van der Waals surface area contributed by atoms with Crippen molar-refractivity contribution in [3.05, 3.63) is 68.5 Å². The standard InChI is InChI=1S/C14H9BrF3I/c15-11(10-3-2-9(16)7-14(10)19)5-8-1-4-12(17)13(18)6-8/h1-4,6-7,11H,5H2. The molecule has 19 heavy (non-hydrogen) atoms. The van der Waals surface area contributed by atoms with Gasteiger partial charge < -0.3 is 0 Å². The summed E-state index contributed by atoms with van der Waals surface area (Å²) >= 11 is 5.55. The van der Waals surface area contributed by atoms with Gasteiger partial charge >= 0.3 is 0 Å². The predicted octanol–water partition coefficient (Wildman–Crippen LogP) is 5.39. The molecular weight excluding hydrogens is 432 g/mol. The Balaban J connectivity index is 2.20. The van der Waals surface area contributed by atoms with Crippen LogP contribution in [0.1, 0.15) is 16.0 Å². The quantitative estimate of drug-likeness (QED) is 0.443. The molecule has 0 aliphatic carbocycles. The lowest BCUT2D eigenvalue weighted by atomic mass is 10.0. The number of hydrogen-bond donors (Lipinski definition) is 0. The van der Waals surface area contributed by atoms with Crippen LogP contribution in [0.15, 0.2) is 36.4 Å². The van der Waals surface area contributed by atoms with E-state index >= 15 is 0 Å². The van der Waals surface area contributed by atoms with Crippen LogP contribution in [-0.4, -0.2) is 0 Å². The first-order valence-electron chi connectivity index (χ1n) is 5.50. The van der Waals surface area contributed by atoms with Crippen LogP contribution in [0.25, 0.3) is 0 Å². The molecule has 2 aromatic carbocycles. The number of rotatable bonds is 3. The zero-order valence-electron chi connectivity index (χ0n) is 9.64. The third-order valence-corrected chi connectivity index (χ3v) is 4.45. The Morgan fingerprint density at radius 1 is 1.00 bits per heavy atom. The minimum atomic E-state index is -0.856. The van der Waals surface area contributed by atoms with Crippen LogP contribution in [-0.2, 0) is 6.42 Å². The minimum Gasteiger partial charge on any atom is -0.207 e. The number of halogens is 5. The van der Waals surface area contributed by atoms with Crippen LogP contribution >= 0.6 is 38.5 Å². The molecule has 0 aliphatic heterocycles. The molecule has 100 valence electrons. The summed E-state index contributed by atoms with van der Waals surface area (Å²) < 4.78 is 39.8. The Labute approximate surface area is 131 Å². The molecule has 2 aromatic rings. The van der Waals surface area contributed by atoms with E-state index in [0.29, 0.717) is 12.0 Å². The highest BCUT2D eigenvalue weighted by Crippen LogP contribution is 2.31. The summed E-state index contributed by atoms with van der Waals surface area (Å²) in [5.74, 6) is -2.00. The second-order valence-corrected chi connectivity index (χ2v) is 6.35. The summed E-state index contributed by atoms with van der Waals surface area (Å²) in [6, 6.07) is 8.35. The van der Waals surface area contributed by atoms with Crippen molar-refractivity contribution in [1.29, 1.82) is 0 Å². The lowest BCUT2D eigenvalue weighted by molar-refractivity contribution is 0.507. The Morgan fingerprint density at radius 3 is 2.37 bits per heavy atom. The number of alkyl halides is 1. The van der Waals surface area contributed by atoms with Crippen LogP contribution in [0.4, 0.5) is 13.2 Å². The zero-order chi connectivity index (χ0) is 14.0. The maximum Gasteiger partial charge on any atom is 0.159 e. The van der Waals surface area contributed by atoms with E-state index < -0.39 is 11.6 Å². The van der Waals surface area contributed by atoms with Crippen LogP contribution in [0.5, 0.6) is 0 Å². The molecule has 0 fully saturated rings. The van der Waals surface area contributed by atoms with E-state index in [0.717, 1.165) is 15.2 Å². The van der Waals surface area contributed by atoms with Gasteiger partial charge in [0.1, 0.15) is 5.82 Å². The van der Waals surface area contributed by atoms with Crippen molar-refractivity contribution >= 4 is 38.5 Å². The molecule has 0 aliphatic rings. The maximum absolute atomic E-state index is 13.1. The highest BCUT2D eigenvalue weighted by atomic mass is 127. The van der Waals surface area contributed by atoms with Crippen molar-refractivity contribution in [3.63, 3.8) is 0 Å². The molecule has 0 nitrogen and oxygen atoms in total. The Morgan fingerprint density at radius 2 is 1.74 bits per heavy atom. The predicted molar refractivity (Wildman–Crippen MR) is 80.8 cm³/mol.